The van der Waals surface area contributed by atoms with Gasteiger partial charge in [-0.2, -0.15) is 0 Å². The highest BCUT2D eigenvalue weighted by molar-refractivity contribution is 7.98. The second kappa shape index (κ2) is 11.0. The van der Waals surface area contributed by atoms with E-state index in [1.165, 1.54) is 28.5 Å². The first-order chi connectivity index (χ1) is 18.4. The molecule has 11 heteroatoms. The Hall–Kier alpha value is -4.22. The number of benzene rings is 3. The van der Waals surface area contributed by atoms with Crippen LogP contribution in [0.2, 0.25) is 0 Å². The van der Waals surface area contributed by atoms with Crippen LogP contribution in [0.3, 0.4) is 0 Å². The highest BCUT2D eigenvalue weighted by Gasteiger charge is 2.21. The van der Waals surface area contributed by atoms with E-state index < -0.39 is 4.92 Å². The average Bonchev–Trinajstić information content (AvgIpc) is 2.96. The van der Waals surface area contributed by atoms with Gasteiger partial charge in [-0.25, -0.2) is 4.98 Å². The highest BCUT2D eigenvalue weighted by atomic mass is 32.2. The SMILES string of the molecule is COc1ccc(-n2c(SCc3ccc([N+](=O)[O-])cc3)nc3cc(C(=O)N4CCOCC4)ccc3c2=O)cc1. The first-order valence-electron chi connectivity index (χ1n) is 11.9. The zero-order valence-electron chi connectivity index (χ0n) is 20.5. The number of amides is 1. The number of carbonyl (C=O) groups is 1. The summed E-state index contributed by atoms with van der Waals surface area (Å²) < 4.78 is 12.1. The van der Waals surface area contributed by atoms with Crippen LogP contribution in [0.15, 0.2) is 76.7 Å². The third-order valence-electron chi connectivity index (χ3n) is 6.23. The summed E-state index contributed by atoms with van der Waals surface area (Å²) in [5.41, 5.74) is 2.08. The average molecular weight is 533 g/mol. The molecule has 4 aromatic rings. The summed E-state index contributed by atoms with van der Waals surface area (Å²) in [7, 11) is 1.57. The predicted octanol–water partition coefficient (Wildman–Crippen LogP) is 4.07. The van der Waals surface area contributed by atoms with Gasteiger partial charge in [-0.15, -0.1) is 0 Å². The summed E-state index contributed by atoms with van der Waals surface area (Å²) in [4.78, 5) is 43.8. The Balaban J connectivity index is 1.55. The molecule has 0 unspecified atom stereocenters. The normalized spacial score (nSPS) is 13.4. The van der Waals surface area contributed by atoms with E-state index in [1.807, 2.05) is 0 Å². The van der Waals surface area contributed by atoms with Crippen molar-refractivity contribution < 1.29 is 19.2 Å². The molecule has 10 nitrogen and oxygen atoms in total. The van der Waals surface area contributed by atoms with Gasteiger partial charge in [-0.1, -0.05) is 23.9 Å². The summed E-state index contributed by atoms with van der Waals surface area (Å²) >= 11 is 1.33. The monoisotopic (exact) mass is 532 g/mol. The zero-order chi connectivity index (χ0) is 26.6. The Bertz CT molecular complexity index is 1550. The zero-order valence-corrected chi connectivity index (χ0v) is 21.3. The molecule has 3 aromatic carbocycles. The number of rotatable bonds is 7. The van der Waals surface area contributed by atoms with Gasteiger partial charge < -0.3 is 14.4 Å². The molecule has 1 aromatic heterocycles. The molecule has 38 heavy (non-hydrogen) atoms. The topological polar surface area (TPSA) is 117 Å². The molecule has 0 N–H and O–H groups in total. The Labute approximate surface area is 222 Å². The smallest absolute Gasteiger partial charge is 0.269 e. The lowest BCUT2D eigenvalue weighted by molar-refractivity contribution is -0.384. The number of morpholine rings is 1. The summed E-state index contributed by atoms with van der Waals surface area (Å²) in [6, 6.07) is 18.3. The third-order valence-corrected chi connectivity index (χ3v) is 7.24. The molecule has 0 aliphatic carbocycles. The van der Waals surface area contributed by atoms with Crippen LogP contribution in [0.4, 0.5) is 5.69 Å². The maximum absolute atomic E-state index is 13.7. The number of nitro groups is 1. The second-order valence-corrected chi connectivity index (χ2v) is 9.52. The molecular formula is C27H24N4O6S. The number of hydrogen-bond acceptors (Lipinski definition) is 8. The van der Waals surface area contributed by atoms with Crippen molar-refractivity contribution in [3.63, 3.8) is 0 Å². The Morgan fingerprint density at radius 3 is 2.45 bits per heavy atom. The van der Waals surface area contributed by atoms with Crippen LogP contribution < -0.4 is 10.3 Å². The van der Waals surface area contributed by atoms with Crippen molar-refractivity contribution in [2.75, 3.05) is 33.4 Å². The van der Waals surface area contributed by atoms with Crippen molar-refractivity contribution in [3.05, 3.63) is 98.3 Å². The van der Waals surface area contributed by atoms with Crippen molar-refractivity contribution in [2.45, 2.75) is 10.9 Å². The largest absolute Gasteiger partial charge is 0.497 e. The fourth-order valence-corrected chi connectivity index (χ4v) is 5.13. The van der Waals surface area contributed by atoms with Gasteiger partial charge in [0, 0.05) is 36.5 Å². The number of aromatic nitrogens is 2. The summed E-state index contributed by atoms with van der Waals surface area (Å²) in [5, 5.41) is 11.8. The van der Waals surface area contributed by atoms with Crippen molar-refractivity contribution in [1.82, 2.24) is 14.5 Å². The first kappa shape index (κ1) is 25.4. The minimum Gasteiger partial charge on any atom is -0.497 e. The number of ether oxygens (including phenoxy) is 2. The van der Waals surface area contributed by atoms with Gasteiger partial charge in [0.1, 0.15) is 5.75 Å². The third kappa shape index (κ3) is 5.24. The van der Waals surface area contributed by atoms with E-state index >= 15 is 0 Å². The fraction of sp³-hybridized carbons (Fsp3) is 0.222. The number of fused-ring (bicyclic) bond motifs is 1. The molecular weight excluding hydrogens is 508 g/mol. The first-order valence-corrected chi connectivity index (χ1v) is 12.9. The van der Waals surface area contributed by atoms with Crippen LogP contribution in [0, 0.1) is 10.1 Å². The lowest BCUT2D eigenvalue weighted by Crippen LogP contribution is -2.40. The number of nitrogens with zero attached hydrogens (tertiary/aromatic N) is 4. The van der Waals surface area contributed by atoms with E-state index in [1.54, 1.807) is 66.6 Å². The number of carbonyl (C=O) groups excluding carboxylic acids is 1. The van der Waals surface area contributed by atoms with E-state index in [4.69, 9.17) is 14.5 Å². The minimum atomic E-state index is -0.445. The number of hydrogen-bond donors (Lipinski definition) is 0. The van der Waals surface area contributed by atoms with Gasteiger partial charge in [-0.05, 0) is 48.0 Å². The number of non-ortho nitro benzene ring substituents is 1. The molecule has 0 saturated carbocycles. The van der Waals surface area contributed by atoms with Crippen LogP contribution in [0.5, 0.6) is 5.75 Å². The molecule has 1 saturated heterocycles. The van der Waals surface area contributed by atoms with E-state index in [9.17, 15) is 19.7 Å². The maximum Gasteiger partial charge on any atom is 0.269 e. The highest BCUT2D eigenvalue weighted by Crippen LogP contribution is 2.27. The maximum atomic E-state index is 13.7. The lowest BCUT2D eigenvalue weighted by atomic mass is 10.1. The van der Waals surface area contributed by atoms with Crippen LogP contribution in [0.25, 0.3) is 16.6 Å². The van der Waals surface area contributed by atoms with Crippen molar-refractivity contribution >= 4 is 34.3 Å². The van der Waals surface area contributed by atoms with Gasteiger partial charge in [0.25, 0.3) is 17.2 Å². The van der Waals surface area contributed by atoms with Gasteiger partial charge in [0.05, 0.1) is 41.8 Å². The molecule has 0 bridgehead atoms. The van der Waals surface area contributed by atoms with Crippen molar-refractivity contribution in [3.8, 4) is 11.4 Å². The molecule has 5 rings (SSSR count). The van der Waals surface area contributed by atoms with Gasteiger partial charge in [0.15, 0.2) is 5.16 Å². The van der Waals surface area contributed by atoms with Crippen LogP contribution in [-0.4, -0.2) is 58.7 Å². The second-order valence-electron chi connectivity index (χ2n) is 8.58. The standard InChI is InChI=1S/C27H24N4O6S/c1-36-22-9-7-20(8-10-22)30-26(33)23-11-4-19(25(32)29-12-14-37-15-13-29)16-24(23)28-27(30)38-17-18-2-5-21(6-3-18)31(34)35/h2-11,16H,12-15,17H2,1H3. The molecule has 0 atom stereocenters. The summed E-state index contributed by atoms with van der Waals surface area (Å²) in [6.07, 6.45) is 0. The Morgan fingerprint density at radius 1 is 1.08 bits per heavy atom. The molecule has 194 valence electrons. The van der Waals surface area contributed by atoms with Gasteiger partial charge in [0.2, 0.25) is 0 Å². The minimum absolute atomic E-state index is 0.00943. The molecule has 1 aliphatic rings. The summed E-state index contributed by atoms with van der Waals surface area (Å²) in [6.45, 7) is 2.01. The molecule has 2 heterocycles. The van der Waals surface area contributed by atoms with Crippen molar-refractivity contribution in [2.24, 2.45) is 0 Å². The number of thioether (sulfide) groups is 1. The van der Waals surface area contributed by atoms with Gasteiger partial charge in [-0.3, -0.25) is 24.3 Å². The molecule has 0 spiro atoms. The molecule has 1 fully saturated rings. The summed E-state index contributed by atoms with van der Waals surface area (Å²) in [5.74, 6) is 0.955. The molecule has 1 aliphatic heterocycles. The number of methoxy groups -OCH3 is 1. The van der Waals surface area contributed by atoms with Crippen LogP contribution >= 0.6 is 11.8 Å². The van der Waals surface area contributed by atoms with E-state index in [0.717, 1.165) is 5.56 Å². The van der Waals surface area contributed by atoms with E-state index in [2.05, 4.69) is 0 Å². The predicted molar refractivity (Wildman–Crippen MR) is 143 cm³/mol. The number of nitro benzene ring substituents is 1. The van der Waals surface area contributed by atoms with Crippen LogP contribution in [-0.2, 0) is 10.5 Å². The molecule has 1 amide bonds. The van der Waals surface area contributed by atoms with E-state index in [0.29, 0.717) is 65.1 Å². The van der Waals surface area contributed by atoms with Crippen LogP contribution in [0.1, 0.15) is 15.9 Å². The Morgan fingerprint density at radius 2 is 1.79 bits per heavy atom. The lowest BCUT2D eigenvalue weighted by Gasteiger charge is -2.26. The molecule has 0 radical (unpaired) electrons. The van der Waals surface area contributed by atoms with E-state index in [-0.39, 0.29) is 17.2 Å². The van der Waals surface area contributed by atoms with Gasteiger partial charge >= 0.3 is 0 Å². The van der Waals surface area contributed by atoms with Crippen molar-refractivity contribution in [1.29, 1.82) is 0 Å². The quantitative estimate of drug-likeness (QED) is 0.151. The fourth-order valence-electron chi connectivity index (χ4n) is 4.16. The Kier molecular flexibility index (Phi) is 7.38.